The Morgan fingerprint density at radius 2 is 1.35 bits per heavy atom. The van der Waals surface area contributed by atoms with Crippen molar-refractivity contribution in [3.05, 3.63) is 82.9 Å². The molecule has 0 saturated carbocycles. The monoisotopic (exact) mass is 256 g/mol. The molecule has 0 aliphatic carbocycles. The van der Waals surface area contributed by atoms with Crippen LogP contribution in [0.15, 0.2) is 60.7 Å². The van der Waals surface area contributed by atoms with Gasteiger partial charge >= 0.3 is 0 Å². The standard InChI is InChI=1S/C20H16/c1-15-7-10-17(11-8-15)12-14-18-13-9-16(2)19-5-3-4-6-20(18)19/h3-11,13H,1-2H3. The van der Waals surface area contributed by atoms with E-state index in [2.05, 4.69) is 86.4 Å². The van der Waals surface area contributed by atoms with Gasteiger partial charge in [-0.3, -0.25) is 0 Å². The van der Waals surface area contributed by atoms with Gasteiger partial charge in [-0.05, 0) is 48.4 Å². The van der Waals surface area contributed by atoms with Crippen LogP contribution in [0.4, 0.5) is 0 Å². The molecule has 0 unspecified atom stereocenters. The molecule has 0 heteroatoms. The molecule has 96 valence electrons. The molecular weight excluding hydrogens is 240 g/mol. The highest BCUT2D eigenvalue weighted by molar-refractivity contribution is 5.90. The molecule has 3 rings (SSSR count). The van der Waals surface area contributed by atoms with Gasteiger partial charge in [0.15, 0.2) is 0 Å². The molecule has 0 aliphatic heterocycles. The van der Waals surface area contributed by atoms with Gasteiger partial charge in [0.05, 0.1) is 0 Å². The molecule has 0 spiro atoms. The molecule has 0 nitrogen and oxygen atoms in total. The van der Waals surface area contributed by atoms with Crippen molar-refractivity contribution in [3.8, 4) is 11.8 Å². The summed E-state index contributed by atoms with van der Waals surface area (Å²) in [6.45, 7) is 4.23. The lowest BCUT2D eigenvalue weighted by Gasteiger charge is -2.03. The number of hydrogen-bond acceptors (Lipinski definition) is 0. The van der Waals surface area contributed by atoms with Crippen molar-refractivity contribution in [2.24, 2.45) is 0 Å². The zero-order valence-corrected chi connectivity index (χ0v) is 11.8. The molecule has 20 heavy (non-hydrogen) atoms. The zero-order valence-electron chi connectivity index (χ0n) is 11.8. The second-order valence-electron chi connectivity index (χ2n) is 5.09. The van der Waals surface area contributed by atoms with E-state index < -0.39 is 0 Å². The first-order valence-electron chi connectivity index (χ1n) is 6.81. The molecule has 3 aromatic rings. The number of rotatable bonds is 0. The van der Waals surface area contributed by atoms with Crippen LogP contribution in [0, 0.1) is 25.7 Å². The third-order valence-electron chi connectivity index (χ3n) is 3.54. The molecular formula is C20H16. The van der Waals surface area contributed by atoms with Crippen molar-refractivity contribution >= 4 is 10.8 Å². The van der Waals surface area contributed by atoms with E-state index in [1.165, 1.54) is 21.9 Å². The SMILES string of the molecule is Cc1ccc(C#Cc2ccc(C)c3ccccc23)cc1. The van der Waals surface area contributed by atoms with Gasteiger partial charge in [0.25, 0.3) is 0 Å². The van der Waals surface area contributed by atoms with Gasteiger partial charge in [-0.2, -0.15) is 0 Å². The fourth-order valence-corrected chi connectivity index (χ4v) is 2.34. The molecule has 0 aromatic heterocycles. The van der Waals surface area contributed by atoms with Crippen LogP contribution in [0.1, 0.15) is 22.3 Å². The van der Waals surface area contributed by atoms with Crippen molar-refractivity contribution in [3.63, 3.8) is 0 Å². The average molecular weight is 256 g/mol. The van der Waals surface area contributed by atoms with Crippen LogP contribution in [0.3, 0.4) is 0 Å². The van der Waals surface area contributed by atoms with E-state index in [4.69, 9.17) is 0 Å². The van der Waals surface area contributed by atoms with Crippen molar-refractivity contribution in [1.82, 2.24) is 0 Å². The average Bonchev–Trinajstić information content (AvgIpc) is 2.49. The number of benzene rings is 3. The third-order valence-corrected chi connectivity index (χ3v) is 3.54. The van der Waals surface area contributed by atoms with Gasteiger partial charge in [0, 0.05) is 11.1 Å². The third kappa shape index (κ3) is 2.44. The summed E-state index contributed by atoms with van der Waals surface area (Å²) >= 11 is 0. The lowest BCUT2D eigenvalue weighted by molar-refractivity contribution is 1.46. The number of fused-ring (bicyclic) bond motifs is 1. The van der Waals surface area contributed by atoms with E-state index in [0.717, 1.165) is 11.1 Å². The Morgan fingerprint density at radius 3 is 2.10 bits per heavy atom. The second-order valence-corrected chi connectivity index (χ2v) is 5.09. The Morgan fingerprint density at radius 1 is 0.650 bits per heavy atom. The van der Waals surface area contributed by atoms with Crippen LogP contribution >= 0.6 is 0 Å². The maximum atomic E-state index is 3.30. The minimum Gasteiger partial charge on any atom is -0.0616 e. The summed E-state index contributed by atoms with van der Waals surface area (Å²) in [5, 5.41) is 2.51. The van der Waals surface area contributed by atoms with E-state index in [0.29, 0.717) is 0 Å². The first-order chi connectivity index (χ1) is 9.74. The van der Waals surface area contributed by atoms with E-state index in [-0.39, 0.29) is 0 Å². The lowest BCUT2D eigenvalue weighted by atomic mass is 10.0. The molecule has 0 fully saturated rings. The summed E-state index contributed by atoms with van der Waals surface area (Å²) in [4.78, 5) is 0. The van der Waals surface area contributed by atoms with Crippen molar-refractivity contribution in [2.45, 2.75) is 13.8 Å². The number of hydrogen-bond donors (Lipinski definition) is 0. The topological polar surface area (TPSA) is 0 Å². The normalized spacial score (nSPS) is 10.1. The molecule has 0 atom stereocenters. The van der Waals surface area contributed by atoms with Crippen LogP contribution in [0.2, 0.25) is 0 Å². The molecule has 0 aliphatic rings. The maximum Gasteiger partial charge on any atom is 0.0327 e. The Balaban J connectivity index is 2.08. The molecule has 0 saturated heterocycles. The van der Waals surface area contributed by atoms with Gasteiger partial charge in [-0.25, -0.2) is 0 Å². The van der Waals surface area contributed by atoms with Crippen molar-refractivity contribution in [2.75, 3.05) is 0 Å². The largest absolute Gasteiger partial charge is 0.0616 e. The fraction of sp³-hybridized carbons (Fsp3) is 0.100. The van der Waals surface area contributed by atoms with Crippen LogP contribution < -0.4 is 0 Å². The first kappa shape index (κ1) is 12.5. The van der Waals surface area contributed by atoms with Gasteiger partial charge in [0.2, 0.25) is 0 Å². The van der Waals surface area contributed by atoms with Gasteiger partial charge in [0.1, 0.15) is 0 Å². The van der Waals surface area contributed by atoms with Crippen molar-refractivity contribution in [1.29, 1.82) is 0 Å². The summed E-state index contributed by atoms with van der Waals surface area (Å²) in [5.74, 6) is 6.55. The Labute approximate surface area is 120 Å². The quantitative estimate of drug-likeness (QED) is 0.504. The van der Waals surface area contributed by atoms with E-state index in [1.54, 1.807) is 0 Å². The predicted octanol–water partition coefficient (Wildman–Crippen LogP) is 4.86. The van der Waals surface area contributed by atoms with Gasteiger partial charge in [-0.15, -0.1) is 0 Å². The first-order valence-corrected chi connectivity index (χ1v) is 6.81. The predicted molar refractivity (Wildman–Crippen MR) is 85.8 cm³/mol. The minimum absolute atomic E-state index is 1.06. The maximum absolute atomic E-state index is 3.30. The van der Waals surface area contributed by atoms with E-state index in [9.17, 15) is 0 Å². The van der Waals surface area contributed by atoms with Crippen LogP contribution in [0.25, 0.3) is 10.8 Å². The summed E-state index contributed by atoms with van der Waals surface area (Å²) < 4.78 is 0. The highest BCUT2D eigenvalue weighted by atomic mass is 14.0. The highest BCUT2D eigenvalue weighted by Crippen LogP contribution is 2.21. The van der Waals surface area contributed by atoms with E-state index in [1.807, 2.05) is 0 Å². The second kappa shape index (κ2) is 5.23. The van der Waals surface area contributed by atoms with Gasteiger partial charge < -0.3 is 0 Å². The molecule has 0 bridgehead atoms. The fourth-order valence-electron chi connectivity index (χ4n) is 2.34. The zero-order chi connectivity index (χ0) is 13.9. The van der Waals surface area contributed by atoms with Gasteiger partial charge in [-0.1, -0.05) is 59.9 Å². The smallest absolute Gasteiger partial charge is 0.0327 e. The van der Waals surface area contributed by atoms with Crippen LogP contribution in [-0.2, 0) is 0 Å². The Kier molecular flexibility index (Phi) is 3.27. The molecule has 0 heterocycles. The highest BCUT2D eigenvalue weighted by Gasteiger charge is 2.00. The summed E-state index contributed by atoms with van der Waals surface area (Å²) in [7, 11) is 0. The van der Waals surface area contributed by atoms with Crippen molar-refractivity contribution < 1.29 is 0 Å². The Bertz CT molecular complexity index is 812. The van der Waals surface area contributed by atoms with E-state index >= 15 is 0 Å². The van der Waals surface area contributed by atoms with Crippen LogP contribution in [0.5, 0.6) is 0 Å². The summed E-state index contributed by atoms with van der Waals surface area (Å²) in [5.41, 5.74) is 4.70. The molecule has 0 radical (unpaired) electrons. The summed E-state index contributed by atoms with van der Waals surface area (Å²) in [6, 6.07) is 21.0. The molecule has 0 N–H and O–H groups in total. The van der Waals surface area contributed by atoms with Crippen LogP contribution in [-0.4, -0.2) is 0 Å². The lowest BCUT2D eigenvalue weighted by Crippen LogP contribution is -1.83. The Hall–Kier alpha value is -2.52. The number of aryl methyl sites for hydroxylation is 2. The molecule has 3 aromatic carbocycles. The minimum atomic E-state index is 1.06. The molecule has 0 amide bonds. The summed E-state index contributed by atoms with van der Waals surface area (Å²) in [6.07, 6.45) is 0.